The fourth-order valence-corrected chi connectivity index (χ4v) is 3.67. The number of aromatic nitrogens is 2. The Bertz CT molecular complexity index is 805. The van der Waals surface area contributed by atoms with Crippen LogP contribution in [0.4, 0.5) is 5.82 Å². The van der Waals surface area contributed by atoms with E-state index in [2.05, 4.69) is 29.1 Å². The molecular weight excluding hydrogens is 364 g/mol. The average molecular weight is 395 g/mol. The molecule has 1 aliphatic rings. The highest BCUT2D eigenvalue weighted by atomic mass is 16.2. The second-order valence-electron chi connectivity index (χ2n) is 8.08. The minimum Gasteiger partial charge on any atom is -0.370 e. The zero-order chi connectivity index (χ0) is 20.6. The number of anilines is 1. The highest BCUT2D eigenvalue weighted by Crippen LogP contribution is 2.22. The Morgan fingerprint density at radius 3 is 2.76 bits per heavy atom. The van der Waals surface area contributed by atoms with E-state index in [1.807, 2.05) is 24.3 Å². The van der Waals surface area contributed by atoms with Crippen LogP contribution in [0.2, 0.25) is 0 Å². The molecule has 6 heteroatoms. The van der Waals surface area contributed by atoms with Crippen molar-refractivity contribution < 1.29 is 9.59 Å². The number of hydrogen-bond acceptors (Lipinski definition) is 5. The number of likely N-dealkylation sites (tertiary alicyclic amines) is 1. The summed E-state index contributed by atoms with van der Waals surface area (Å²) in [6.07, 6.45) is 6.56. The molecule has 1 amide bonds. The summed E-state index contributed by atoms with van der Waals surface area (Å²) in [5.74, 6) is 1.30. The lowest BCUT2D eigenvalue weighted by Crippen LogP contribution is -2.42. The molecule has 1 aliphatic heterocycles. The van der Waals surface area contributed by atoms with Gasteiger partial charge in [0.1, 0.15) is 11.6 Å². The third-order valence-electron chi connectivity index (χ3n) is 5.20. The molecule has 0 aromatic carbocycles. The molecule has 0 unspecified atom stereocenters. The van der Waals surface area contributed by atoms with Gasteiger partial charge < -0.3 is 10.2 Å². The van der Waals surface area contributed by atoms with Gasteiger partial charge in [-0.15, -0.1) is 0 Å². The Hall–Kier alpha value is -2.76. The fraction of sp³-hybridized carbons (Fsp3) is 0.478. The number of carbonyl (C=O) groups excluding carboxylic acids is 2. The van der Waals surface area contributed by atoms with E-state index in [9.17, 15) is 9.59 Å². The van der Waals surface area contributed by atoms with Crippen molar-refractivity contribution in [2.24, 2.45) is 11.8 Å². The Balaban J connectivity index is 1.52. The molecule has 0 radical (unpaired) electrons. The van der Waals surface area contributed by atoms with Gasteiger partial charge in [-0.1, -0.05) is 19.9 Å². The van der Waals surface area contributed by atoms with E-state index >= 15 is 0 Å². The second kappa shape index (κ2) is 10.1. The minimum absolute atomic E-state index is 0.0319. The van der Waals surface area contributed by atoms with Crippen molar-refractivity contribution in [2.75, 3.05) is 25.0 Å². The van der Waals surface area contributed by atoms with Crippen LogP contribution in [0.1, 0.15) is 49.2 Å². The lowest BCUT2D eigenvalue weighted by atomic mass is 9.89. The van der Waals surface area contributed by atoms with E-state index in [1.165, 1.54) is 0 Å². The summed E-state index contributed by atoms with van der Waals surface area (Å²) in [6, 6.07) is 9.51. The van der Waals surface area contributed by atoms with E-state index in [0.717, 1.165) is 37.3 Å². The second-order valence-corrected chi connectivity index (χ2v) is 8.08. The molecule has 0 bridgehead atoms. The number of pyridine rings is 2. The molecule has 3 rings (SSSR count). The van der Waals surface area contributed by atoms with Crippen LogP contribution in [-0.4, -0.2) is 46.2 Å². The molecule has 29 heavy (non-hydrogen) atoms. The SMILES string of the molecule is CC(C)CC(=O)[C@@H]1CCCN(C(=O)c2ccc(NCCc3ccccn3)nc2)C1. The normalized spacial score (nSPS) is 16.7. The monoisotopic (exact) mass is 394 g/mol. The van der Waals surface area contributed by atoms with Crippen LogP contribution in [0.5, 0.6) is 0 Å². The van der Waals surface area contributed by atoms with Gasteiger partial charge in [0, 0.05) is 56.5 Å². The Morgan fingerprint density at radius 2 is 2.07 bits per heavy atom. The number of ketones is 1. The average Bonchev–Trinajstić information content (AvgIpc) is 2.74. The maximum atomic E-state index is 12.8. The highest BCUT2D eigenvalue weighted by Gasteiger charge is 2.29. The Kier molecular flexibility index (Phi) is 7.33. The quantitative estimate of drug-likeness (QED) is 0.740. The van der Waals surface area contributed by atoms with Gasteiger partial charge in [0.25, 0.3) is 5.91 Å². The zero-order valence-corrected chi connectivity index (χ0v) is 17.3. The smallest absolute Gasteiger partial charge is 0.255 e. The predicted molar refractivity (Wildman–Crippen MR) is 114 cm³/mol. The Morgan fingerprint density at radius 1 is 1.21 bits per heavy atom. The lowest BCUT2D eigenvalue weighted by molar-refractivity contribution is -0.124. The van der Waals surface area contributed by atoms with Gasteiger partial charge in [0.15, 0.2) is 0 Å². The first-order valence-electron chi connectivity index (χ1n) is 10.4. The molecule has 3 heterocycles. The number of carbonyl (C=O) groups is 2. The summed E-state index contributed by atoms with van der Waals surface area (Å²) < 4.78 is 0. The predicted octanol–water partition coefficient (Wildman–Crippen LogP) is 3.60. The number of rotatable bonds is 8. The van der Waals surface area contributed by atoms with Gasteiger partial charge in [0.2, 0.25) is 0 Å². The minimum atomic E-state index is -0.0421. The molecule has 1 atom stereocenters. The van der Waals surface area contributed by atoms with Crippen LogP contribution in [0.15, 0.2) is 42.7 Å². The molecule has 0 aliphatic carbocycles. The lowest BCUT2D eigenvalue weighted by Gasteiger charge is -2.32. The van der Waals surface area contributed by atoms with E-state index in [1.54, 1.807) is 23.4 Å². The van der Waals surface area contributed by atoms with Crippen LogP contribution in [0, 0.1) is 11.8 Å². The van der Waals surface area contributed by atoms with Crippen molar-refractivity contribution in [2.45, 2.75) is 39.5 Å². The molecular formula is C23H30N4O2. The van der Waals surface area contributed by atoms with Gasteiger partial charge in [-0.2, -0.15) is 0 Å². The first-order valence-corrected chi connectivity index (χ1v) is 10.4. The summed E-state index contributed by atoms with van der Waals surface area (Å²) >= 11 is 0. The first kappa shape index (κ1) is 21.0. The summed E-state index contributed by atoms with van der Waals surface area (Å²) in [7, 11) is 0. The van der Waals surface area contributed by atoms with Gasteiger partial charge in [-0.05, 0) is 43.0 Å². The molecule has 6 nitrogen and oxygen atoms in total. The molecule has 2 aromatic heterocycles. The third kappa shape index (κ3) is 6.11. The molecule has 2 aromatic rings. The first-order chi connectivity index (χ1) is 14.0. The third-order valence-corrected chi connectivity index (χ3v) is 5.20. The van der Waals surface area contributed by atoms with Crippen LogP contribution >= 0.6 is 0 Å². The van der Waals surface area contributed by atoms with Crippen molar-refractivity contribution in [3.8, 4) is 0 Å². The van der Waals surface area contributed by atoms with Crippen molar-refractivity contribution in [3.05, 3.63) is 54.0 Å². The molecule has 154 valence electrons. The van der Waals surface area contributed by atoms with Gasteiger partial charge >= 0.3 is 0 Å². The van der Waals surface area contributed by atoms with Crippen LogP contribution in [-0.2, 0) is 11.2 Å². The van der Waals surface area contributed by atoms with Crippen molar-refractivity contribution >= 4 is 17.5 Å². The van der Waals surface area contributed by atoms with Crippen LogP contribution in [0.3, 0.4) is 0 Å². The number of Topliss-reactive ketones (excluding diaryl/α,β-unsaturated/α-hetero) is 1. The number of nitrogens with one attached hydrogen (secondary N) is 1. The van der Waals surface area contributed by atoms with Gasteiger partial charge in [-0.25, -0.2) is 4.98 Å². The van der Waals surface area contributed by atoms with Crippen molar-refractivity contribution in [1.29, 1.82) is 0 Å². The zero-order valence-electron chi connectivity index (χ0n) is 17.3. The molecule has 0 saturated carbocycles. The van der Waals surface area contributed by atoms with Gasteiger partial charge in [0.05, 0.1) is 5.56 Å². The largest absolute Gasteiger partial charge is 0.370 e. The standard InChI is InChI=1S/C23H30N4O2/c1-17(2)14-21(28)19-6-5-13-27(16-19)23(29)18-8-9-22(26-15-18)25-12-10-20-7-3-4-11-24-20/h3-4,7-9,11,15,17,19H,5-6,10,12-14,16H2,1-2H3,(H,25,26)/t19-/m1/s1. The van der Waals surface area contributed by atoms with E-state index in [0.29, 0.717) is 31.0 Å². The summed E-state index contributed by atoms with van der Waals surface area (Å²) in [4.78, 5) is 35.7. The van der Waals surface area contributed by atoms with Gasteiger partial charge in [-0.3, -0.25) is 14.6 Å². The molecule has 0 spiro atoms. The van der Waals surface area contributed by atoms with Crippen LogP contribution < -0.4 is 5.32 Å². The summed E-state index contributed by atoms with van der Waals surface area (Å²) in [6.45, 7) is 6.06. The van der Waals surface area contributed by atoms with Crippen molar-refractivity contribution in [3.63, 3.8) is 0 Å². The summed E-state index contributed by atoms with van der Waals surface area (Å²) in [5.41, 5.74) is 1.59. The number of amides is 1. The van der Waals surface area contributed by atoms with Crippen LogP contribution in [0.25, 0.3) is 0 Å². The number of hydrogen-bond donors (Lipinski definition) is 1. The molecule has 1 fully saturated rings. The topological polar surface area (TPSA) is 75.2 Å². The molecule has 1 N–H and O–H groups in total. The van der Waals surface area contributed by atoms with E-state index < -0.39 is 0 Å². The fourth-order valence-electron chi connectivity index (χ4n) is 3.67. The molecule has 1 saturated heterocycles. The van der Waals surface area contributed by atoms with Crippen molar-refractivity contribution in [1.82, 2.24) is 14.9 Å². The number of piperidine rings is 1. The number of nitrogens with zero attached hydrogens (tertiary/aromatic N) is 3. The Labute approximate surface area is 172 Å². The maximum absolute atomic E-state index is 12.8. The summed E-state index contributed by atoms with van der Waals surface area (Å²) in [5, 5.41) is 3.26. The highest BCUT2D eigenvalue weighted by molar-refractivity contribution is 5.94. The maximum Gasteiger partial charge on any atom is 0.255 e. The van der Waals surface area contributed by atoms with E-state index in [-0.39, 0.29) is 17.6 Å². The van der Waals surface area contributed by atoms with E-state index in [4.69, 9.17) is 0 Å².